The van der Waals surface area contributed by atoms with Gasteiger partial charge in [-0.1, -0.05) is 19.1 Å². The lowest BCUT2D eigenvalue weighted by atomic mass is 10.1. The van der Waals surface area contributed by atoms with Gasteiger partial charge >= 0.3 is 0 Å². The highest BCUT2D eigenvalue weighted by atomic mass is 16.3. The molecule has 0 aliphatic carbocycles. The van der Waals surface area contributed by atoms with Crippen molar-refractivity contribution in [3.63, 3.8) is 0 Å². The van der Waals surface area contributed by atoms with Gasteiger partial charge in [0.05, 0.1) is 11.4 Å². The minimum absolute atomic E-state index is 0.162. The number of benzene rings is 2. The lowest BCUT2D eigenvalue weighted by Gasteiger charge is -1.99. The number of nitrogen functional groups attached to an aromatic ring is 2. The van der Waals surface area contributed by atoms with Crippen LogP contribution in [0.4, 0.5) is 11.4 Å². The smallest absolute Gasteiger partial charge is 0.138 e. The largest absolute Gasteiger partial charge is 0.506 e. The molecule has 19 heavy (non-hydrogen) atoms. The number of hydrogen-bond acceptors (Lipinski definition) is 4. The summed E-state index contributed by atoms with van der Waals surface area (Å²) in [5.74, 6) is 0.342. The standard InChI is InChI=1S/C8H11NO.C7H9NO/c1-2-6-3-4-7(9)8(10)5-6;1-5-2-3-6(8)7(9)4-5/h3-5,10H,2,9H2,1H3;2-4,9H,8H2,1H3. The number of nitrogens with two attached hydrogens (primary N) is 2. The monoisotopic (exact) mass is 260 g/mol. The molecular formula is C15H20N2O2. The summed E-state index contributed by atoms with van der Waals surface area (Å²) in [6, 6.07) is 10.5. The molecule has 102 valence electrons. The lowest BCUT2D eigenvalue weighted by molar-refractivity contribution is 0.477. The van der Waals surface area contributed by atoms with E-state index in [1.165, 1.54) is 0 Å². The van der Waals surface area contributed by atoms with Gasteiger partial charge in [-0.05, 0) is 48.7 Å². The van der Waals surface area contributed by atoms with Crippen molar-refractivity contribution in [3.05, 3.63) is 47.5 Å². The van der Waals surface area contributed by atoms with Crippen molar-refractivity contribution in [1.29, 1.82) is 0 Å². The van der Waals surface area contributed by atoms with E-state index in [4.69, 9.17) is 21.7 Å². The van der Waals surface area contributed by atoms with Gasteiger partial charge in [0.25, 0.3) is 0 Å². The fourth-order valence-corrected chi connectivity index (χ4v) is 1.46. The van der Waals surface area contributed by atoms with Gasteiger partial charge in [0.2, 0.25) is 0 Å². The van der Waals surface area contributed by atoms with E-state index in [1.54, 1.807) is 24.3 Å². The Morgan fingerprint density at radius 3 is 1.84 bits per heavy atom. The van der Waals surface area contributed by atoms with Crippen molar-refractivity contribution in [2.45, 2.75) is 20.3 Å². The predicted octanol–water partition coefficient (Wildman–Crippen LogP) is 2.82. The van der Waals surface area contributed by atoms with Gasteiger partial charge in [-0.2, -0.15) is 0 Å². The quantitative estimate of drug-likeness (QED) is 0.468. The molecule has 0 unspecified atom stereocenters. The fourth-order valence-electron chi connectivity index (χ4n) is 1.46. The average molecular weight is 260 g/mol. The zero-order valence-electron chi connectivity index (χ0n) is 11.2. The Bertz CT molecular complexity index is 554. The van der Waals surface area contributed by atoms with Crippen LogP contribution >= 0.6 is 0 Å². The topological polar surface area (TPSA) is 92.5 Å². The summed E-state index contributed by atoms with van der Waals surface area (Å²) in [5, 5.41) is 18.1. The van der Waals surface area contributed by atoms with Crippen LogP contribution in [0, 0.1) is 6.92 Å². The van der Waals surface area contributed by atoms with Crippen molar-refractivity contribution in [2.24, 2.45) is 0 Å². The van der Waals surface area contributed by atoms with Crippen molar-refractivity contribution in [3.8, 4) is 11.5 Å². The van der Waals surface area contributed by atoms with E-state index >= 15 is 0 Å². The van der Waals surface area contributed by atoms with Gasteiger partial charge < -0.3 is 21.7 Å². The van der Waals surface area contributed by atoms with Crippen molar-refractivity contribution < 1.29 is 10.2 Å². The molecule has 0 amide bonds. The number of hydrogen-bond donors (Lipinski definition) is 4. The summed E-state index contributed by atoms with van der Waals surface area (Å²) in [6.45, 7) is 3.93. The van der Waals surface area contributed by atoms with Crippen LogP contribution in [0.25, 0.3) is 0 Å². The second-order valence-electron chi connectivity index (χ2n) is 4.31. The van der Waals surface area contributed by atoms with Gasteiger partial charge in [-0.3, -0.25) is 0 Å². The Hall–Kier alpha value is -2.36. The average Bonchev–Trinajstić information content (AvgIpc) is 2.38. The number of aryl methyl sites for hydroxylation is 2. The summed E-state index contributed by atoms with van der Waals surface area (Å²) in [5.41, 5.74) is 13.7. The maximum Gasteiger partial charge on any atom is 0.138 e. The molecule has 0 saturated carbocycles. The second kappa shape index (κ2) is 6.54. The first-order valence-electron chi connectivity index (χ1n) is 6.06. The van der Waals surface area contributed by atoms with E-state index in [2.05, 4.69) is 0 Å². The van der Waals surface area contributed by atoms with Crippen molar-refractivity contribution in [1.82, 2.24) is 0 Å². The third-order valence-electron chi connectivity index (χ3n) is 2.69. The normalized spacial score (nSPS) is 9.58. The fraction of sp³-hybridized carbons (Fsp3) is 0.200. The van der Waals surface area contributed by atoms with E-state index in [9.17, 15) is 0 Å². The molecule has 6 N–H and O–H groups in total. The molecule has 0 fully saturated rings. The number of rotatable bonds is 1. The van der Waals surface area contributed by atoms with Gasteiger partial charge in [-0.25, -0.2) is 0 Å². The Morgan fingerprint density at radius 1 is 0.895 bits per heavy atom. The third kappa shape index (κ3) is 4.43. The second-order valence-corrected chi connectivity index (χ2v) is 4.31. The summed E-state index contributed by atoms with van der Waals surface area (Å²) < 4.78 is 0. The van der Waals surface area contributed by atoms with Gasteiger partial charge in [-0.15, -0.1) is 0 Å². The molecule has 0 spiro atoms. The van der Waals surface area contributed by atoms with Crippen LogP contribution in [-0.4, -0.2) is 10.2 Å². The van der Waals surface area contributed by atoms with E-state index in [-0.39, 0.29) is 11.5 Å². The summed E-state index contributed by atoms with van der Waals surface area (Å²) in [4.78, 5) is 0. The number of phenols is 2. The highest BCUT2D eigenvalue weighted by molar-refractivity contribution is 5.53. The first-order chi connectivity index (χ1) is 8.93. The molecule has 0 saturated heterocycles. The molecule has 0 heterocycles. The number of anilines is 2. The summed E-state index contributed by atoms with van der Waals surface area (Å²) >= 11 is 0. The van der Waals surface area contributed by atoms with E-state index < -0.39 is 0 Å². The SMILES string of the molecule is CCc1ccc(N)c(O)c1.Cc1ccc(N)c(O)c1. The predicted molar refractivity (Wildman–Crippen MR) is 79.2 cm³/mol. The molecular weight excluding hydrogens is 240 g/mol. The number of aromatic hydroxyl groups is 2. The summed E-state index contributed by atoms with van der Waals surface area (Å²) in [7, 11) is 0. The van der Waals surface area contributed by atoms with Gasteiger partial charge in [0.1, 0.15) is 11.5 Å². The molecule has 0 atom stereocenters. The van der Waals surface area contributed by atoms with Crippen molar-refractivity contribution in [2.75, 3.05) is 11.5 Å². The van der Waals surface area contributed by atoms with Gasteiger partial charge in [0.15, 0.2) is 0 Å². The van der Waals surface area contributed by atoms with Crippen LogP contribution in [-0.2, 0) is 6.42 Å². The molecule has 0 aliphatic heterocycles. The maximum atomic E-state index is 9.11. The van der Waals surface area contributed by atoms with E-state index in [1.807, 2.05) is 26.0 Å². The minimum Gasteiger partial charge on any atom is -0.506 e. The zero-order chi connectivity index (χ0) is 14.4. The lowest BCUT2D eigenvalue weighted by Crippen LogP contribution is -1.86. The molecule has 0 aromatic heterocycles. The zero-order valence-corrected chi connectivity index (χ0v) is 11.2. The molecule has 0 radical (unpaired) electrons. The highest BCUT2D eigenvalue weighted by Gasteiger charge is 1.95. The molecule has 2 aromatic carbocycles. The third-order valence-corrected chi connectivity index (χ3v) is 2.69. The first kappa shape index (κ1) is 14.7. The molecule has 0 bridgehead atoms. The minimum atomic E-state index is 0.162. The summed E-state index contributed by atoms with van der Waals surface area (Å²) in [6.07, 6.45) is 0.924. The van der Waals surface area contributed by atoms with Crippen LogP contribution < -0.4 is 11.5 Å². The van der Waals surface area contributed by atoms with Crippen LogP contribution in [0.3, 0.4) is 0 Å². The highest BCUT2D eigenvalue weighted by Crippen LogP contribution is 2.20. The van der Waals surface area contributed by atoms with E-state index in [0.29, 0.717) is 11.4 Å². The molecule has 0 aliphatic rings. The van der Waals surface area contributed by atoms with Gasteiger partial charge in [0, 0.05) is 0 Å². The van der Waals surface area contributed by atoms with Crippen LogP contribution in [0.5, 0.6) is 11.5 Å². The first-order valence-corrected chi connectivity index (χ1v) is 6.06. The Balaban J connectivity index is 0.000000191. The molecule has 4 nitrogen and oxygen atoms in total. The van der Waals surface area contributed by atoms with E-state index in [0.717, 1.165) is 17.5 Å². The van der Waals surface area contributed by atoms with Crippen LogP contribution in [0.2, 0.25) is 0 Å². The Labute approximate surface area is 113 Å². The molecule has 4 heteroatoms. The van der Waals surface area contributed by atoms with Crippen LogP contribution in [0.15, 0.2) is 36.4 Å². The number of phenolic OH excluding ortho intramolecular Hbond substituents is 2. The van der Waals surface area contributed by atoms with Crippen LogP contribution in [0.1, 0.15) is 18.1 Å². The molecule has 2 aromatic rings. The maximum absolute atomic E-state index is 9.11. The molecule has 2 rings (SSSR count). The Kier molecular flexibility index (Phi) is 5.06. The Morgan fingerprint density at radius 2 is 1.42 bits per heavy atom. The van der Waals surface area contributed by atoms with Crippen molar-refractivity contribution >= 4 is 11.4 Å².